The molecule has 0 spiro atoms. The van der Waals surface area contributed by atoms with Gasteiger partial charge in [0.2, 0.25) is 5.43 Å². The monoisotopic (exact) mass is 583 g/mol. The van der Waals surface area contributed by atoms with Crippen LogP contribution in [0, 0.1) is 11.7 Å². The van der Waals surface area contributed by atoms with Crippen LogP contribution in [0.5, 0.6) is 11.5 Å². The number of nitrogens with one attached hydrogen (secondary N) is 1. The van der Waals surface area contributed by atoms with E-state index in [0.717, 1.165) is 49.7 Å². The van der Waals surface area contributed by atoms with Crippen molar-refractivity contribution in [2.24, 2.45) is 11.7 Å². The summed E-state index contributed by atoms with van der Waals surface area (Å²) in [7, 11) is 0. The average Bonchev–Trinajstić information content (AvgIpc) is 3.44. The van der Waals surface area contributed by atoms with Crippen molar-refractivity contribution in [2.75, 3.05) is 44.2 Å². The van der Waals surface area contributed by atoms with Crippen molar-refractivity contribution < 1.29 is 13.9 Å². The molecule has 7 rings (SSSR count). The first kappa shape index (κ1) is 27.9. The molecule has 2 fully saturated rings. The van der Waals surface area contributed by atoms with E-state index in [4.69, 9.17) is 10.5 Å². The Labute approximate surface area is 250 Å². The number of piperidine rings is 1. The topological polar surface area (TPSA) is 92.8 Å². The molecule has 2 saturated heterocycles. The minimum atomic E-state index is -0.558. The van der Waals surface area contributed by atoms with Gasteiger partial charge in [0.15, 0.2) is 17.3 Å². The number of pyridine rings is 1. The molecule has 0 bridgehead atoms. The van der Waals surface area contributed by atoms with Gasteiger partial charge in [0, 0.05) is 31.9 Å². The van der Waals surface area contributed by atoms with Crippen molar-refractivity contribution in [1.82, 2.24) is 14.8 Å². The molecule has 224 valence electrons. The number of carbonyl (C=O) groups excluding carboxylic acids is 1. The minimum absolute atomic E-state index is 0.00446. The quantitative estimate of drug-likeness (QED) is 0.275. The van der Waals surface area contributed by atoms with Gasteiger partial charge in [0.1, 0.15) is 16.8 Å². The number of aromatic nitrogens is 1. The molecular weight excluding hydrogens is 545 g/mol. The normalized spacial score (nSPS) is 18.7. The number of likely N-dealkylation sites (tertiary alicyclic amines) is 1. The maximum absolute atomic E-state index is 15.9. The minimum Gasteiger partial charge on any atom is -0.451 e. The highest BCUT2D eigenvalue weighted by Gasteiger charge is 2.33. The Hall–Kier alpha value is -3.95. The Bertz CT molecular complexity index is 1780. The molecule has 3 aliphatic rings. The number of nitrogens with zero attached hydrogens (tertiary/aromatic N) is 3. The lowest BCUT2D eigenvalue weighted by Crippen LogP contribution is -2.40. The molecule has 1 aromatic heterocycles. The molecule has 43 heavy (non-hydrogen) atoms. The lowest BCUT2D eigenvalue weighted by atomic mass is 9.96. The highest BCUT2D eigenvalue weighted by molar-refractivity contribution is 6.02. The number of unbranched alkanes of at least 4 members (excludes halogenated alkanes) is 1. The van der Waals surface area contributed by atoms with E-state index in [-0.39, 0.29) is 22.7 Å². The summed E-state index contributed by atoms with van der Waals surface area (Å²) in [6.07, 6.45) is 6.76. The first-order valence-electron chi connectivity index (χ1n) is 15.5. The zero-order valence-corrected chi connectivity index (χ0v) is 24.6. The van der Waals surface area contributed by atoms with Crippen LogP contribution in [0.25, 0.3) is 27.4 Å². The highest BCUT2D eigenvalue weighted by atomic mass is 19.1. The lowest BCUT2D eigenvalue weighted by Gasteiger charge is -2.32. The number of halogens is 1. The number of ether oxygens (including phenoxy) is 1. The van der Waals surface area contributed by atoms with Crippen LogP contribution in [0.2, 0.25) is 0 Å². The summed E-state index contributed by atoms with van der Waals surface area (Å²) in [6, 6.07) is 13.0. The standard InChI is InChI=1S/C34H38FN5O3/c1-2-3-11-38-12-8-21(9-13-38)18-37-34(42)26-20-40-28-15-22-6-4-5-7-23(22)16-29(28)43-33-30(40)25(32(26)41)17-27(35)31(33)39-14-10-24(36)19-39/h4-7,15-17,20-21,24H,2-3,8-14,18-19,36H2,1H3,(H,37,42). The Morgan fingerprint density at radius 1 is 1.09 bits per heavy atom. The van der Waals surface area contributed by atoms with E-state index >= 15 is 4.39 Å². The van der Waals surface area contributed by atoms with E-state index in [0.29, 0.717) is 48.2 Å². The van der Waals surface area contributed by atoms with Gasteiger partial charge in [-0.3, -0.25) is 9.59 Å². The number of fused-ring (bicyclic) bond motifs is 3. The van der Waals surface area contributed by atoms with Crippen molar-refractivity contribution >= 4 is 33.3 Å². The molecule has 3 aromatic carbocycles. The zero-order valence-electron chi connectivity index (χ0n) is 24.6. The van der Waals surface area contributed by atoms with Gasteiger partial charge in [-0.15, -0.1) is 0 Å². The molecule has 3 N–H and O–H groups in total. The van der Waals surface area contributed by atoms with E-state index in [2.05, 4.69) is 17.1 Å². The van der Waals surface area contributed by atoms with Gasteiger partial charge in [-0.1, -0.05) is 37.6 Å². The van der Waals surface area contributed by atoms with E-state index in [1.807, 2.05) is 45.9 Å². The van der Waals surface area contributed by atoms with Gasteiger partial charge >= 0.3 is 0 Å². The Morgan fingerprint density at radius 2 is 1.86 bits per heavy atom. The summed E-state index contributed by atoms with van der Waals surface area (Å²) in [6.45, 7) is 6.98. The molecular formula is C34H38FN5O3. The van der Waals surface area contributed by atoms with Crippen molar-refractivity contribution in [3.63, 3.8) is 0 Å². The smallest absolute Gasteiger partial charge is 0.256 e. The lowest BCUT2D eigenvalue weighted by molar-refractivity contribution is 0.0934. The van der Waals surface area contributed by atoms with Crippen LogP contribution in [-0.4, -0.2) is 60.7 Å². The molecule has 1 atom stereocenters. The molecule has 0 aliphatic carbocycles. The third kappa shape index (κ3) is 5.04. The number of carbonyl (C=O) groups is 1. The molecule has 3 aliphatic heterocycles. The van der Waals surface area contributed by atoms with E-state index < -0.39 is 17.2 Å². The van der Waals surface area contributed by atoms with Crippen LogP contribution in [0.3, 0.4) is 0 Å². The van der Waals surface area contributed by atoms with Gasteiger partial charge < -0.3 is 30.2 Å². The van der Waals surface area contributed by atoms with Crippen LogP contribution in [0.1, 0.15) is 49.4 Å². The number of hydrogen-bond acceptors (Lipinski definition) is 6. The maximum Gasteiger partial charge on any atom is 0.256 e. The Kier molecular flexibility index (Phi) is 7.31. The van der Waals surface area contributed by atoms with Gasteiger partial charge in [0.05, 0.1) is 11.1 Å². The number of rotatable bonds is 7. The van der Waals surface area contributed by atoms with Crippen LogP contribution >= 0.6 is 0 Å². The first-order valence-corrected chi connectivity index (χ1v) is 15.5. The molecule has 8 nitrogen and oxygen atoms in total. The van der Waals surface area contributed by atoms with Gasteiger partial charge in [0.25, 0.3) is 5.91 Å². The third-order valence-electron chi connectivity index (χ3n) is 9.34. The molecule has 9 heteroatoms. The van der Waals surface area contributed by atoms with Crippen LogP contribution < -0.4 is 26.1 Å². The fourth-order valence-corrected chi connectivity index (χ4v) is 6.86. The van der Waals surface area contributed by atoms with Crippen molar-refractivity contribution in [3.8, 4) is 17.2 Å². The predicted molar refractivity (Wildman–Crippen MR) is 168 cm³/mol. The largest absolute Gasteiger partial charge is 0.451 e. The predicted octanol–water partition coefficient (Wildman–Crippen LogP) is 5.17. The Morgan fingerprint density at radius 3 is 2.58 bits per heavy atom. The number of benzene rings is 3. The number of anilines is 1. The number of nitrogens with two attached hydrogens (primary N) is 1. The van der Waals surface area contributed by atoms with E-state index in [9.17, 15) is 9.59 Å². The van der Waals surface area contributed by atoms with Crippen molar-refractivity contribution in [3.05, 3.63) is 70.3 Å². The number of hydrogen-bond donors (Lipinski definition) is 2. The molecule has 4 aromatic rings. The summed E-state index contributed by atoms with van der Waals surface area (Å²) in [5.41, 5.74) is 7.12. The van der Waals surface area contributed by atoms with Crippen LogP contribution in [-0.2, 0) is 0 Å². The maximum atomic E-state index is 15.9. The summed E-state index contributed by atoms with van der Waals surface area (Å²) in [5.74, 6) is 0.187. The summed E-state index contributed by atoms with van der Waals surface area (Å²) < 4.78 is 24.2. The van der Waals surface area contributed by atoms with Crippen molar-refractivity contribution in [1.29, 1.82) is 0 Å². The fraction of sp³-hybridized carbons (Fsp3) is 0.412. The SMILES string of the molecule is CCCCN1CCC(CNC(=O)c2cn3c4c(c(N5CCC(N)C5)c(F)cc4c2=O)Oc2cc4ccccc4cc2-3)CC1. The molecule has 1 unspecified atom stereocenters. The average molecular weight is 584 g/mol. The molecule has 0 radical (unpaired) electrons. The van der Waals surface area contributed by atoms with E-state index in [1.165, 1.54) is 18.9 Å². The summed E-state index contributed by atoms with van der Waals surface area (Å²) in [5, 5.41) is 5.11. The van der Waals surface area contributed by atoms with Crippen LogP contribution in [0.4, 0.5) is 10.1 Å². The molecule has 1 amide bonds. The van der Waals surface area contributed by atoms with Crippen LogP contribution in [0.15, 0.2) is 53.5 Å². The second-order valence-electron chi connectivity index (χ2n) is 12.3. The highest BCUT2D eigenvalue weighted by Crippen LogP contribution is 2.48. The van der Waals surface area contributed by atoms with Gasteiger partial charge in [-0.05, 0) is 80.2 Å². The van der Waals surface area contributed by atoms with Gasteiger partial charge in [-0.2, -0.15) is 0 Å². The third-order valence-corrected chi connectivity index (χ3v) is 9.34. The second-order valence-corrected chi connectivity index (χ2v) is 12.3. The summed E-state index contributed by atoms with van der Waals surface area (Å²) >= 11 is 0. The molecule has 0 saturated carbocycles. The van der Waals surface area contributed by atoms with Gasteiger partial charge in [-0.25, -0.2) is 4.39 Å². The fourth-order valence-electron chi connectivity index (χ4n) is 6.86. The zero-order chi connectivity index (χ0) is 29.7. The van der Waals surface area contributed by atoms with Crippen molar-refractivity contribution in [2.45, 2.75) is 45.1 Å². The summed E-state index contributed by atoms with van der Waals surface area (Å²) in [4.78, 5) is 31.8. The number of amides is 1. The second kappa shape index (κ2) is 11.3. The first-order chi connectivity index (χ1) is 20.9. The van der Waals surface area contributed by atoms with E-state index in [1.54, 1.807) is 6.20 Å². The Balaban J connectivity index is 1.28. The molecule has 4 heterocycles.